The van der Waals surface area contributed by atoms with Gasteiger partial charge in [0.25, 0.3) is 0 Å². The Labute approximate surface area is 103 Å². The second kappa shape index (κ2) is 5.75. The first-order valence-corrected chi connectivity index (χ1v) is 6.51. The van der Waals surface area contributed by atoms with Crippen LogP contribution in [0.15, 0.2) is 21.5 Å². The summed E-state index contributed by atoms with van der Waals surface area (Å²) in [5, 5.41) is 0.340. The van der Waals surface area contributed by atoms with Crippen molar-refractivity contribution in [1.82, 2.24) is 0 Å². The molecular weight excluding hydrogens is 279 g/mol. The lowest BCUT2D eigenvalue weighted by Gasteiger charge is -2.12. The number of hydrogen-bond acceptors (Lipinski definition) is 2. The highest BCUT2D eigenvalue weighted by atomic mass is 79.9. The number of ether oxygens (including phenoxy) is 1. The predicted molar refractivity (Wildman–Crippen MR) is 66.3 cm³/mol. The van der Waals surface area contributed by atoms with Gasteiger partial charge in [0.15, 0.2) is 0 Å². The molecule has 0 amide bonds. The molecule has 0 bridgehead atoms. The third-order valence-corrected chi connectivity index (χ3v) is 3.82. The third kappa shape index (κ3) is 3.38. The molecule has 0 fully saturated rings. The van der Waals surface area contributed by atoms with Crippen molar-refractivity contribution in [2.45, 2.75) is 30.9 Å². The minimum atomic E-state index is -0.205. The fraction of sp³-hybridized carbons (Fsp3) is 0.455. The molecule has 0 aliphatic rings. The predicted octanol–water partition coefficient (Wildman–Crippen LogP) is 4.49. The lowest BCUT2D eigenvalue weighted by molar-refractivity contribution is 0.336. The molecule has 0 radical (unpaired) electrons. The quantitative estimate of drug-likeness (QED) is 0.757. The lowest BCUT2D eigenvalue weighted by Crippen LogP contribution is -1.96. The van der Waals surface area contributed by atoms with Crippen LogP contribution < -0.4 is 4.74 Å². The Balaban J connectivity index is 3.06. The molecule has 4 heteroatoms. The van der Waals surface area contributed by atoms with Crippen LogP contribution in [0.2, 0.25) is 0 Å². The smallest absolute Gasteiger partial charge is 0.138 e. The SMILES string of the molecule is CCOc1ccc(F)c(SC(C)C)c1Br. The highest BCUT2D eigenvalue weighted by molar-refractivity contribution is 9.10. The summed E-state index contributed by atoms with van der Waals surface area (Å²) in [6.07, 6.45) is 0. The second-order valence-electron chi connectivity index (χ2n) is 3.29. The summed E-state index contributed by atoms with van der Waals surface area (Å²) in [6.45, 7) is 6.55. The summed E-state index contributed by atoms with van der Waals surface area (Å²) < 4.78 is 19.6. The molecule has 15 heavy (non-hydrogen) atoms. The first kappa shape index (κ1) is 12.8. The van der Waals surface area contributed by atoms with Crippen LogP contribution in [-0.4, -0.2) is 11.9 Å². The van der Waals surface area contributed by atoms with Gasteiger partial charge in [-0.15, -0.1) is 11.8 Å². The van der Waals surface area contributed by atoms with Gasteiger partial charge in [0.05, 0.1) is 16.0 Å². The Kier molecular flexibility index (Phi) is 4.93. The van der Waals surface area contributed by atoms with Crippen molar-refractivity contribution in [3.8, 4) is 5.75 Å². The van der Waals surface area contributed by atoms with Crippen molar-refractivity contribution in [2.75, 3.05) is 6.61 Å². The lowest BCUT2D eigenvalue weighted by atomic mass is 10.3. The number of hydrogen-bond donors (Lipinski definition) is 0. The van der Waals surface area contributed by atoms with Crippen LogP contribution in [0, 0.1) is 5.82 Å². The van der Waals surface area contributed by atoms with E-state index in [-0.39, 0.29) is 5.82 Å². The maximum absolute atomic E-state index is 13.5. The van der Waals surface area contributed by atoms with Crippen molar-refractivity contribution in [3.05, 3.63) is 22.4 Å². The van der Waals surface area contributed by atoms with E-state index in [2.05, 4.69) is 15.9 Å². The monoisotopic (exact) mass is 292 g/mol. The zero-order valence-corrected chi connectivity index (χ0v) is 11.4. The van der Waals surface area contributed by atoms with Gasteiger partial charge in [-0.1, -0.05) is 13.8 Å². The van der Waals surface area contributed by atoms with Gasteiger partial charge >= 0.3 is 0 Å². The molecule has 0 saturated carbocycles. The van der Waals surface area contributed by atoms with Gasteiger partial charge in [0.1, 0.15) is 11.6 Å². The van der Waals surface area contributed by atoms with Gasteiger partial charge in [-0.05, 0) is 35.0 Å². The fourth-order valence-corrected chi connectivity index (χ4v) is 2.70. The molecule has 0 saturated heterocycles. The molecule has 0 aliphatic heterocycles. The maximum Gasteiger partial charge on any atom is 0.138 e. The first-order valence-electron chi connectivity index (χ1n) is 4.83. The molecule has 1 aromatic rings. The van der Waals surface area contributed by atoms with Crippen molar-refractivity contribution >= 4 is 27.7 Å². The number of benzene rings is 1. The largest absolute Gasteiger partial charge is 0.493 e. The van der Waals surface area contributed by atoms with Gasteiger partial charge in [-0.25, -0.2) is 4.39 Å². The van der Waals surface area contributed by atoms with E-state index in [1.807, 2.05) is 20.8 Å². The minimum Gasteiger partial charge on any atom is -0.493 e. The Bertz CT molecular complexity index is 342. The standard InChI is InChI=1S/C11H14BrFOS/c1-4-14-9-6-5-8(13)11(10(9)12)15-7(2)3/h5-7H,4H2,1-3H3. The van der Waals surface area contributed by atoms with Gasteiger partial charge in [0, 0.05) is 5.25 Å². The van der Waals surface area contributed by atoms with Crippen LogP contribution in [-0.2, 0) is 0 Å². The van der Waals surface area contributed by atoms with Crippen molar-refractivity contribution in [3.63, 3.8) is 0 Å². The van der Waals surface area contributed by atoms with Crippen LogP contribution in [0.1, 0.15) is 20.8 Å². The Morgan fingerprint density at radius 1 is 1.47 bits per heavy atom. The summed E-state index contributed by atoms with van der Waals surface area (Å²) in [7, 11) is 0. The minimum absolute atomic E-state index is 0.205. The molecule has 0 atom stereocenters. The molecular formula is C11H14BrFOS. The van der Waals surface area contributed by atoms with E-state index in [0.717, 1.165) is 0 Å². The van der Waals surface area contributed by atoms with Gasteiger partial charge in [-0.3, -0.25) is 0 Å². The Morgan fingerprint density at radius 3 is 2.67 bits per heavy atom. The maximum atomic E-state index is 13.5. The summed E-state index contributed by atoms with van der Waals surface area (Å²) in [6, 6.07) is 3.09. The molecule has 0 aromatic heterocycles. The average Bonchev–Trinajstić information content (AvgIpc) is 2.17. The molecule has 0 spiro atoms. The first-order chi connectivity index (χ1) is 7.06. The molecule has 1 nitrogen and oxygen atoms in total. The topological polar surface area (TPSA) is 9.23 Å². The van der Waals surface area contributed by atoms with Crippen molar-refractivity contribution in [1.29, 1.82) is 0 Å². The van der Waals surface area contributed by atoms with Crippen LogP contribution in [0.5, 0.6) is 5.75 Å². The van der Waals surface area contributed by atoms with E-state index >= 15 is 0 Å². The third-order valence-electron chi connectivity index (χ3n) is 1.67. The van der Waals surface area contributed by atoms with Crippen LogP contribution in [0.3, 0.4) is 0 Å². The number of rotatable bonds is 4. The summed E-state index contributed by atoms with van der Waals surface area (Å²) >= 11 is 4.87. The molecule has 84 valence electrons. The molecule has 0 heterocycles. The normalized spacial score (nSPS) is 10.8. The zero-order valence-electron chi connectivity index (χ0n) is 9.01. The van der Waals surface area contributed by atoms with Crippen molar-refractivity contribution in [2.24, 2.45) is 0 Å². The molecule has 1 rings (SSSR count). The molecule has 1 aromatic carbocycles. The number of thioether (sulfide) groups is 1. The molecule has 0 N–H and O–H groups in total. The van der Waals surface area contributed by atoms with Gasteiger partial charge in [-0.2, -0.15) is 0 Å². The van der Waals surface area contributed by atoms with Crippen LogP contribution in [0.4, 0.5) is 4.39 Å². The molecule has 0 aliphatic carbocycles. The van der Waals surface area contributed by atoms with Crippen molar-refractivity contribution < 1.29 is 9.13 Å². The Hall–Kier alpha value is -0.220. The second-order valence-corrected chi connectivity index (χ2v) is 5.67. The average molecular weight is 293 g/mol. The van der Waals surface area contributed by atoms with E-state index in [1.54, 1.807) is 6.07 Å². The Morgan fingerprint density at radius 2 is 2.13 bits per heavy atom. The van der Waals surface area contributed by atoms with Crippen LogP contribution >= 0.6 is 27.7 Å². The number of halogens is 2. The zero-order chi connectivity index (χ0) is 11.4. The van der Waals surface area contributed by atoms with E-state index < -0.39 is 0 Å². The van der Waals surface area contributed by atoms with E-state index in [0.29, 0.717) is 27.0 Å². The van der Waals surface area contributed by atoms with E-state index in [4.69, 9.17) is 4.74 Å². The highest BCUT2D eigenvalue weighted by Crippen LogP contribution is 2.38. The van der Waals surface area contributed by atoms with Gasteiger partial charge < -0.3 is 4.74 Å². The summed E-state index contributed by atoms with van der Waals surface area (Å²) in [5.41, 5.74) is 0. The van der Waals surface area contributed by atoms with E-state index in [1.165, 1.54) is 17.8 Å². The summed E-state index contributed by atoms with van der Waals surface area (Å²) in [5.74, 6) is 0.492. The van der Waals surface area contributed by atoms with E-state index in [9.17, 15) is 4.39 Å². The van der Waals surface area contributed by atoms with Gasteiger partial charge in [0.2, 0.25) is 0 Å². The fourth-order valence-electron chi connectivity index (χ4n) is 1.13. The summed E-state index contributed by atoms with van der Waals surface area (Å²) in [4.78, 5) is 0.621. The highest BCUT2D eigenvalue weighted by Gasteiger charge is 2.14. The van der Waals surface area contributed by atoms with Crippen LogP contribution in [0.25, 0.3) is 0 Å². The molecule has 0 unspecified atom stereocenters.